The lowest BCUT2D eigenvalue weighted by molar-refractivity contribution is -0.128. The van der Waals surface area contributed by atoms with Crippen molar-refractivity contribution in [1.82, 2.24) is 19.4 Å². The maximum absolute atomic E-state index is 11.6. The maximum Gasteiger partial charge on any atom is 0.301 e. The van der Waals surface area contributed by atoms with Gasteiger partial charge >= 0.3 is 6.01 Å². The van der Waals surface area contributed by atoms with Gasteiger partial charge < -0.3 is 14.4 Å². The first kappa shape index (κ1) is 21.8. The average Bonchev–Trinajstić information content (AvgIpc) is 3.17. The van der Waals surface area contributed by atoms with Crippen LogP contribution in [0.1, 0.15) is 13.3 Å². The number of nitrogens with zero attached hydrogens (tertiary/aromatic N) is 4. The molecule has 3 heterocycles. The minimum absolute atomic E-state index is 0.0669. The molecule has 0 unspecified atom stereocenters. The number of fused-ring (bicyclic) bond motifs is 1. The van der Waals surface area contributed by atoms with Crippen LogP contribution in [0.3, 0.4) is 0 Å². The first-order valence-corrected chi connectivity index (χ1v) is 14.5. The van der Waals surface area contributed by atoms with Gasteiger partial charge in [-0.05, 0) is 34.7 Å². The normalized spacial score (nSPS) is 17.5. The maximum atomic E-state index is 11.6. The van der Waals surface area contributed by atoms with Gasteiger partial charge in [0.2, 0.25) is 5.91 Å². The number of carbonyl (C=O) groups is 1. The SMILES string of the molecule is CC(=O)N1CC[C@@H](Oc2nc3nc(I)c(Cl)cc3n2COCC[Si](C)(C)C)C1. The van der Waals surface area contributed by atoms with Crippen molar-refractivity contribution in [3.05, 3.63) is 14.8 Å². The van der Waals surface area contributed by atoms with E-state index in [2.05, 4.69) is 52.2 Å². The van der Waals surface area contributed by atoms with Gasteiger partial charge in [-0.25, -0.2) is 4.98 Å². The third-order valence-electron chi connectivity index (χ3n) is 4.70. The van der Waals surface area contributed by atoms with Crippen molar-refractivity contribution in [3.8, 4) is 6.01 Å². The van der Waals surface area contributed by atoms with Gasteiger partial charge in [-0.1, -0.05) is 31.2 Å². The second-order valence-electron chi connectivity index (χ2n) is 8.27. The second-order valence-corrected chi connectivity index (χ2v) is 15.3. The molecule has 1 aliphatic rings. The van der Waals surface area contributed by atoms with Crippen LogP contribution in [0.2, 0.25) is 30.7 Å². The molecular formula is C18H26ClIN4O3Si. The number of amides is 1. The summed E-state index contributed by atoms with van der Waals surface area (Å²) in [4.78, 5) is 22.4. The Morgan fingerprint density at radius 3 is 2.79 bits per heavy atom. The number of likely N-dealkylation sites (tertiary alicyclic amines) is 1. The summed E-state index contributed by atoms with van der Waals surface area (Å²) in [7, 11) is -1.16. The lowest BCUT2D eigenvalue weighted by atomic mass is 10.3. The topological polar surface area (TPSA) is 69.5 Å². The number of hydrogen-bond donors (Lipinski definition) is 0. The van der Waals surface area contributed by atoms with Crippen LogP contribution in [0.4, 0.5) is 0 Å². The van der Waals surface area contributed by atoms with Gasteiger partial charge in [-0.3, -0.25) is 9.36 Å². The molecule has 0 radical (unpaired) electrons. The summed E-state index contributed by atoms with van der Waals surface area (Å²) >= 11 is 8.38. The van der Waals surface area contributed by atoms with Gasteiger partial charge in [0.1, 0.15) is 16.5 Å². The summed E-state index contributed by atoms with van der Waals surface area (Å²) in [5.41, 5.74) is 1.37. The van der Waals surface area contributed by atoms with Gasteiger partial charge in [0.05, 0.1) is 17.1 Å². The van der Waals surface area contributed by atoms with Crippen molar-refractivity contribution in [3.63, 3.8) is 0 Å². The number of aromatic nitrogens is 3. The smallest absolute Gasteiger partial charge is 0.301 e. The molecule has 28 heavy (non-hydrogen) atoms. The standard InChI is InChI=1S/C18H26ClIN4O3Si/c1-12(25)23-6-5-13(10-23)27-18-22-17-15(9-14(19)16(20)21-17)24(18)11-26-7-8-28(2,3)4/h9,13H,5-8,10-11H2,1-4H3/t13-/m1/s1. The van der Waals surface area contributed by atoms with E-state index < -0.39 is 8.07 Å². The van der Waals surface area contributed by atoms with Crippen molar-refractivity contribution in [2.75, 3.05) is 19.7 Å². The van der Waals surface area contributed by atoms with E-state index >= 15 is 0 Å². The lowest BCUT2D eigenvalue weighted by Crippen LogP contribution is -2.29. The van der Waals surface area contributed by atoms with Crippen molar-refractivity contribution in [2.45, 2.75) is 51.9 Å². The van der Waals surface area contributed by atoms with E-state index in [1.807, 2.05) is 10.6 Å². The molecule has 0 saturated carbocycles. The summed E-state index contributed by atoms with van der Waals surface area (Å²) in [5.74, 6) is 0.0669. The molecular weight excluding hydrogens is 511 g/mol. The quantitative estimate of drug-likeness (QED) is 0.232. The molecule has 1 amide bonds. The van der Waals surface area contributed by atoms with Crippen LogP contribution in [0.15, 0.2) is 6.07 Å². The molecule has 2 aromatic rings. The zero-order valence-corrected chi connectivity index (χ0v) is 20.6. The third-order valence-corrected chi connectivity index (χ3v) is 7.83. The van der Waals surface area contributed by atoms with Crippen molar-refractivity contribution < 1.29 is 14.3 Å². The lowest BCUT2D eigenvalue weighted by Gasteiger charge is -2.18. The Hall–Kier alpha value is -0.913. The average molecular weight is 537 g/mol. The monoisotopic (exact) mass is 536 g/mol. The van der Waals surface area contributed by atoms with Crippen LogP contribution in [-0.4, -0.2) is 59.2 Å². The Labute approximate surface area is 184 Å². The molecule has 0 N–H and O–H groups in total. The molecule has 2 aromatic heterocycles. The molecule has 7 nitrogen and oxygen atoms in total. The highest BCUT2D eigenvalue weighted by Gasteiger charge is 2.28. The number of halogens is 2. The van der Waals surface area contributed by atoms with Crippen LogP contribution in [-0.2, 0) is 16.3 Å². The zero-order valence-electron chi connectivity index (χ0n) is 16.7. The van der Waals surface area contributed by atoms with Crippen LogP contribution in [0, 0.1) is 3.70 Å². The van der Waals surface area contributed by atoms with Gasteiger partial charge in [0.25, 0.3) is 0 Å². The number of rotatable bonds is 7. The molecule has 0 aromatic carbocycles. The summed E-state index contributed by atoms with van der Waals surface area (Å²) in [5, 5.41) is 0.575. The van der Waals surface area contributed by atoms with Crippen molar-refractivity contribution in [1.29, 1.82) is 0 Å². The van der Waals surface area contributed by atoms with E-state index in [-0.39, 0.29) is 12.0 Å². The van der Waals surface area contributed by atoms with Crippen LogP contribution < -0.4 is 4.74 Å². The fourth-order valence-electron chi connectivity index (χ4n) is 2.99. The molecule has 0 aliphatic carbocycles. The van der Waals surface area contributed by atoms with E-state index in [0.29, 0.717) is 46.8 Å². The van der Waals surface area contributed by atoms with Crippen LogP contribution in [0.5, 0.6) is 6.01 Å². The highest BCUT2D eigenvalue weighted by atomic mass is 127. The Kier molecular flexibility index (Phi) is 6.88. The fraction of sp³-hybridized carbons (Fsp3) is 0.611. The van der Waals surface area contributed by atoms with Crippen LogP contribution >= 0.6 is 34.2 Å². The molecule has 0 spiro atoms. The molecule has 0 bridgehead atoms. The number of imidazole rings is 1. The van der Waals surface area contributed by atoms with E-state index in [9.17, 15) is 4.79 Å². The van der Waals surface area contributed by atoms with Crippen LogP contribution in [0.25, 0.3) is 11.2 Å². The molecule has 1 fully saturated rings. The summed E-state index contributed by atoms with van der Waals surface area (Å²) in [6.07, 6.45) is 0.696. The Bertz CT molecular complexity index is 871. The van der Waals surface area contributed by atoms with E-state index in [1.54, 1.807) is 11.8 Å². The Morgan fingerprint density at radius 1 is 1.39 bits per heavy atom. The summed E-state index contributed by atoms with van der Waals surface area (Å²) in [6, 6.07) is 3.40. The van der Waals surface area contributed by atoms with E-state index in [0.717, 1.165) is 18.0 Å². The van der Waals surface area contributed by atoms with Gasteiger partial charge in [-0.2, -0.15) is 4.98 Å². The molecule has 154 valence electrons. The predicted molar refractivity (Wildman–Crippen MR) is 121 cm³/mol. The second kappa shape index (κ2) is 8.84. The largest absolute Gasteiger partial charge is 0.459 e. The Morgan fingerprint density at radius 2 is 2.14 bits per heavy atom. The van der Waals surface area contributed by atoms with E-state index in [1.165, 1.54) is 0 Å². The number of ether oxygens (including phenoxy) is 2. The fourth-order valence-corrected chi connectivity index (χ4v) is 4.28. The minimum atomic E-state index is -1.16. The highest BCUT2D eigenvalue weighted by Crippen LogP contribution is 2.28. The molecule has 3 rings (SSSR count). The van der Waals surface area contributed by atoms with Gasteiger partial charge in [0, 0.05) is 34.6 Å². The summed E-state index contributed by atoms with van der Waals surface area (Å²) < 4.78 is 14.7. The molecule has 1 atom stereocenters. The highest BCUT2D eigenvalue weighted by molar-refractivity contribution is 14.1. The molecule has 10 heteroatoms. The molecule has 1 saturated heterocycles. The van der Waals surface area contributed by atoms with Crippen molar-refractivity contribution >= 4 is 59.3 Å². The number of pyridine rings is 1. The predicted octanol–water partition coefficient (Wildman–Crippen LogP) is 4.00. The first-order chi connectivity index (χ1) is 13.1. The van der Waals surface area contributed by atoms with E-state index in [4.69, 9.17) is 21.1 Å². The molecule has 1 aliphatic heterocycles. The number of hydrogen-bond acceptors (Lipinski definition) is 5. The zero-order chi connectivity index (χ0) is 20.5. The first-order valence-electron chi connectivity index (χ1n) is 9.36. The third kappa shape index (κ3) is 5.36. The van der Waals surface area contributed by atoms with Gasteiger partial charge in [0.15, 0.2) is 5.65 Å². The number of carbonyl (C=O) groups excluding carboxylic acids is 1. The Balaban J connectivity index is 1.80. The van der Waals surface area contributed by atoms with Gasteiger partial charge in [-0.15, -0.1) is 0 Å². The van der Waals surface area contributed by atoms with Crippen molar-refractivity contribution in [2.24, 2.45) is 0 Å². The summed E-state index contributed by atoms with van der Waals surface area (Å²) in [6.45, 7) is 10.9. The minimum Gasteiger partial charge on any atom is -0.459 e.